The van der Waals surface area contributed by atoms with E-state index >= 15 is 0 Å². The van der Waals surface area contributed by atoms with E-state index in [1.54, 1.807) is 18.5 Å². The number of nitrogens with zero attached hydrogens (tertiary/aromatic N) is 2. The van der Waals surface area contributed by atoms with Crippen LogP contribution < -0.4 is 10.2 Å². The van der Waals surface area contributed by atoms with Crippen molar-refractivity contribution in [2.45, 2.75) is 18.4 Å². The molecule has 1 aromatic rings. The summed E-state index contributed by atoms with van der Waals surface area (Å²) in [5.41, 5.74) is 0.0970. The van der Waals surface area contributed by atoms with Crippen molar-refractivity contribution in [3.05, 3.63) is 22.9 Å². The van der Waals surface area contributed by atoms with Gasteiger partial charge in [0, 0.05) is 17.7 Å². The maximum Gasteiger partial charge on any atom is 0.407 e. The number of amides is 2. The number of rotatable bonds is 5. The number of halogens is 1. The van der Waals surface area contributed by atoms with Gasteiger partial charge in [-0.25, -0.2) is 4.79 Å². The fourth-order valence-corrected chi connectivity index (χ4v) is 2.09. The van der Waals surface area contributed by atoms with Gasteiger partial charge in [0.1, 0.15) is 5.60 Å². The third-order valence-corrected chi connectivity index (χ3v) is 3.36. The van der Waals surface area contributed by atoms with Crippen LogP contribution in [0.5, 0.6) is 0 Å². The van der Waals surface area contributed by atoms with E-state index in [0.29, 0.717) is 12.2 Å². The third-order valence-electron chi connectivity index (χ3n) is 2.93. The molecule has 1 saturated carbocycles. The molecule has 2 rings (SSSR count). The minimum Gasteiger partial charge on any atom is -0.441 e. The van der Waals surface area contributed by atoms with E-state index in [9.17, 15) is 9.59 Å². The molecule has 0 bridgehead atoms. The largest absolute Gasteiger partial charge is 0.441 e. The Bertz CT molecular complexity index is 491. The summed E-state index contributed by atoms with van der Waals surface area (Å²) in [6.45, 7) is 0.335. The van der Waals surface area contributed by atoms with Crippen molar-refractivity contribution in [3.8, 4) is 0 Å². The average molecular weight is 328 g/mol. The van der Waals surface area contributed by atoms with Crippen molar-refractivity contribution in [2.24, 2.45) is 0 Å². The first-order valence-corrected chi connectivity index (χ1v) is 6.61. The Morgan fingerprint density at radius 3 is 2.89 bits per heavy atom. The van der Waals surface area contributed by atoms with Crippen molar-refractivity contribution < 1.29 is 14.3 Å². The van der Waals surface area contributed by atoms with Crippen LogP contribution in [0.15, 0.2) is 22.9 Å². The molecule has 0 aliphatic heterocycles. The summed E-state index contributed by atoms with van der Waals surface area (Å²) >= 11 is 3.31. The first kappa shape index (κ1) is 13.8. The molecule has 2 amide bonds. The van der Waals surface area contributed by atoms with Crippen LogP contribution in [-0.4, -0.2) is 36.7 Å². The predicted octanol–water partition coefficient (Wildman–Crippen LogP) is 1.70. The minimum absolute atomic E-state index is 0.335. The lowest BCUT2D eigenvalue weighted by molar-refractivity contribution is -0.107. The summed E-state index contributed by atoms with van der Waals surface area (Å²) in [7, 11) is 1.51. The lowest BCUT2D eigenvalue weighted by atomic mass is 10.3. The molecule has 1 aliphatic rings. The zero-order valence-corrected chi connectivity index (χ0v) is 12.0. The van der Waals surface area contributed by atoms with Crippen LogP contribution in [0, 0.1) is 0 Å². The Morgan fingerprint density at radius 1 is 1.63 bits per heavy atom. The van der Waals surface area contributed by atoms with Gasteiger partial charge in [0.15, 0.2) is 0 Å². The quantitative estimate of drug-likeness (QED) is 0.835. The number of alkyl carbamates (subject to hydrolysis) is 1. The Labute approximate surface area is 119 Å². The highest BCUT2D eigenvalue weighted by Crippen LogP contribution is 2.41. The van der Waals surface area contributed by atoms with E-state index in [1.807, 2.05) is 0 Å². The van der Waals surface area contributed by atoms with Gasteiger partial charge in [-0.2, -0.15) is 0 Å². The van der Waals surface area contributed by atoms with Crippen LogP contribution in [-0.2, 0) is 9.53 Å². The topological polar surface area (TPSA) is 71.5 Å². The Balaban J connectivity index is 2.07. The predicted molar refractivity (Wildman–Crippen MR) is 72.9 cm³/mol. The molecular weight excluding hydrogens is 314 g/mol. The molecule has 1 N–H and O–H groups in total. The van der Waals surface area contributed by atoms with Gasteiger partial charge in [-0.3, -0.25) is 9.78 Å². The van der Waals surface area contributed by atoms with Crippen molar-refractivity contribution in [1.29, 1.82) is 0 Å². The Hall–Kier alpha value is -1.63. The van der Waals surface area contributed by atoms with Gasteiger partial charge < -0.3 is 15.0 Å². The molecule has 0 unspecified atom stereocenters. The first-order valence-electron chi connectivity index (χ1n) is 5.82. The van der Waals surface area contributed by atoms with E-state index < -0.39 is 11.7 Å². The van der Waals surface area contributed by atoms with Crippen molar-refractivity contribution in [2.75, 3.05) is 18.5 Å². The smallest absolute Gasteiger partial charge is 0.407 e. The molecule has 0 aromatic carbocycles. The van der Waals surface area contributed by atoms with Gasteiger partial charge in [0.25, 0.3) is 0 Å². The zero-order valence-electron chi connectivity index (χ0n) is 10.4. The molecule has 1 aliphatic carbocycles. The monoisotopic (exact) mass is 327 g/mol. The number of aromatic nitrogens is 1. The molecule has 102 valence electrons. The number of carbonyl (C=O) groups is 2. The number of pyridine rings is 1. The highest BCUT2D eigenvalue weighted by Gasteiger charge is 2.48. The number of hydrogen-bond donors (Lipinski definition) is 1. The number of carbonyl (C=O) groups excluding carboxylic acids is 2. The molecular formula is C12H14BrN3O3. The number of anilines is 1. The summed E-state index contributed by atoms with van der Waals surface area (Å²) < 4.78 is 6.09. The summed E-state index contributed by atoms with van der Waals surface area (Å²) in [5, 5.41) is 2.41. The zero-order chi connectivity index (χ0) is 13.9. The van der Waals surface area contributed by atoms with Gasteiger partial charge >= 0.3 is 6.09 Å². The van der Waals surface area contributed by atoms with Gasteiger partial charge in [-0.05, 0) is 34.8 Å². The van der Waals surface area contributed by atoms with Gasteiger partial charge in [-0.15, -0.1) is 0 Å². The van der Waals surface area contributed by atoms with E-state index in [1.165, 1.54) is 11.9 Å². The second kappa shape index (κ2) is 5.56. The molecule has 19 heavy (non-hydrogen) atoms. The molecule has 0 spiro atoms. The van der Waals surface area contributed by atoms with Crippen LogP contribution in [0.4, 0.5) is 10.5 Å². The van der Waals surface area contributed by atoms with Crippen LogP contribution >= 0.6 is 15.9 Å². The lowest BCUT2D eigenvalue weighted by Gasteiger charge is -2.24. The Kier molecular flexibility index (Phi) is 4.04. The van der Waals surface area contributed by atoms with E-state index in [2.05, 4.69) is 26.2 Å². The van der Waals surface area contributed by atoms with E-state index in [-0.39, 0.29) is 0 Å². The second-order valence-electron chi connectivity index (χ2n) is 4.42. The molecule has 0 atom stereocenters. The fourth-order valence-electron chi connectivity index (χ4n) is 1.74. The average Bonchev–Trinajstić information content (AvgIpc) is 3.15. The summed E-state index contributed by atoms with van der Waals surface area (Å²) in [6.07, 6.45) is 4.99. The van der Waals surface area contributed by atoms with Crippen molar-refractivity contribution in [3.63, 3.8) is 0 Å². The van der Waals surface area contributed by atoms with Crippen LogP contribution in [0.2, 0.25) is 0 Å². The van der Waals surface area contributed by atoms with Gasteiger partial charge in [0.2, 0.25) is 6.41 Å². The van der Waals surface area contributed by atoms with Gasteiger partial charge in [-0.1, -0.05) is 0 Å². The maximum absolute atomic E-state index is 11.3. The lowest BCUT2D eigenvalue weighted by Crippen LogP contribution is -2.38. The van der Waals surface area contributed by atoms with Gasteiger partial charge in [0.05, 0.1) is 18.4 Å². The Morgan fingerprint density at radius 2 is 2.37 bits per heavy atom. The number of nitrogens with one attached hydrogen (secondary N) is 1. The SMILES string of the molecule is CNC(=O)OC1(CN(C=O)c2cncc(Br)c2)CC1. The summed E-state index contributed by atoms with van der Waals surface area (Å²) in [5.74, 6) is 0. The number of hydrogen-bond acceptors (Lipinski definition) is 4. The molecule has 1 fully saturated rings. The molecule has 1 aromatic heterocycles. The van der Waals surface area contributed by atoms with Crippen molar-refractivity contribution in [1.82, 2.24) is 10.3 Å². The standard InChI is InChI=1S/C12H14BrN3O3/c1-14-11(18)19-12(2-3-12)7-16(8-17)10-4-9(13)5-15-6-10/h4-6,8H,2-3,7H2,1H3,(H,14,18). The van der Waals surface area contributed by atoms with E-state index in [0.717, 1.165) is 23.7 Å². The van der Waals surface area contributed by atoms with Crippen LogP contribution in [0.3, 0.4) is 0 Å². The highest BCUT2D eigenvalue weighted by molar-refractivity contribution is 9.10. The highest BCUT2D eigenvalue weighted by atomic mass is 79.9. The second-order valence-corrected chi connectivity index (χ2v) is 5.33. The summed E-state index contributed by atoms with van der Waals surface area (Å²) in [4.78, 5) is 28.0. The fraction of sp³-hybridized carbons (Fsp3) is 0.417. The van der Waals surface area contributed by atoms with E-state index in [4.69, 9.17) is 4.74 Å². The van der Waals surface area contributed by atoms with Crippen LogP contribution in [0.1, 0.15) is 12.8 Å². The van der Waals surface area contributed by atoms with Crippen molar-refractivity contribution >= 4 is 34.1 Å². The number of ether oxygens (including phenoxy) is 1. The normalized spacial score (nSPS) is 15.5. The maximum atomic E-state index is 11.3. The third kappa shape index (κ3) is 3.44. The molecule has 0 radical (unpaired) electrons. The van der Waals surface area contributed by atoms with Crippen LogP contribution in [0.25, 0.3) is 0 Å². The minimum atomic E-state index is -0.566. The molecule has 1 heterocycles. The first-order chi connectivity index (χ1) is 9.08. The summed E-state index contributed by atoms with van der Waals surface area (Å²) in [6, 6.07) is 1.79. The molecule has 0 saturated heterocycles. The molecule has 6 nitrogen and oxygen atoms in total. The molecule has 7 heteroatoms.